The number of likely N-dealkylation sites (tertiary alicyclic amines) is 1. The molecule has 0 bridgehead atoms. The Balaban J connectivity index is 1.60. The summed E-state index contributed by atoms with van der Waals surface area (Å²) in [6.07, 6.45) is 2.85. The minimum absolute atomic E-state index is 0.0983. The van der Waals surface area contributed by atoms with E-state index >= 15 is 0 Å². The SMILES string of the molecule is CCc1noc(CN2CC3CCC(O)C3C2)n1. The third-order valence-electron chi connectivity index (χ3n) is 4.08. The second-order valence-electron chi connectivity index (χ2n) is 5.22. The van der Waals surface area contributed by atoms with Gasteiger partial charge in [0.1, 0.15) is 0 Å². The zero-order chi connectivity index (χ0) is 11.8. The van der Waals surface area contributed by atoms with Crippen molar-refractivity contribution in [2.75, 3.05) is 13.1 Å². The molecule has 0 radical (unpaired) electrons. The summed E-state index contributed by atoms with van der Waals surface area (Å²) < 4.78 is 5.20. The van der Waals surface area contributed by atoms with Gasteiger partial charge in [0.15, 0.2) is 5.82 Å². The first-order valence-electron chi connectivity index (χ1n) is 6.48. The lowest BCUT2D eigenvalue weighted by atomic mass is 10.00. The van der Waals surface area contributed by atoms with Crippen molar-refractivity contribution >= 4 is 0 Å². The Morgan fingerprint density at radius 1 is 1.41 bits per heavy atom. The summed E-state index contributed by atoms with van der Waals surface area (Å²) in [4.78, 5) is 6.65. The molecular weight excluding hydrogens is 218 g/mol. The van der Waals surface area contributed by atoms with Crippen LogP contribution in [0.2, 0.25) is 0 Å². The number of aliphatic hydroxyl groups excluding tert-OH is 1. The topological polar surface area (TPSA) is 62.4 Å². The van der Waals surface area contributed by atoms with E-state index in [1.807, 2.05) is 6.92 Å². The molecule has 3 rings (SSSR count). The molecule has 1 N–H and O–H groups in total. The predicted molar refractivity (Wildman–Crippen MR) is 61.2 cm³/mol. The van der Waals surface area contributed by atoms with E-state index in [1.54, 1.807) is 0 Å². The third-order valence-corrected chi connectivity index (χ3v) is 4.08. The minimum atomic E-state index is -0.0983. The van der Waals surface area contributed by atoms with Crippen molar-refractivity contribution in [1.82, 2.24) is 15.0 Å². The number of rotatable bonds is 3. The molecule has 94 valence electrons. The van der Waals surface area contributed by atoms with Gasteiger partial charge in [-0.2, -0.15) is 4.98 Å². The zero-order valence-corrected chi connectivity index (χ0v) is 10.2. The quantitative estimate of drug-likeness (QED) is 0.844. The van der Waals surface area contributed by atoms with E-state index in [2.05, 4.69) is 15.0 Å². The maximum atomic E-state index is 9.85. The van der Waals surface area contributed by atoms with Gasteiger partial charge in [-0.1, -0.05) is 12.1 Å². The highest BCUT2D eigenvalue weighted by atomic mass is 16.5. The minimum Gasteiger partial charge on any atom is -0.393 e. The monoisotopic (exact) mass is 237 g/mol. The molecule has 5 nitrogen and oxygen atoms in total. The average molecular weight is 237 g/mol. The normalized spacial score (nSPS) is 33.2. The van der Waals surface area contributed by atoms with Crippen molar-refractivity contribution in [2.24, 2.45) is 11.8 Å². The highest BCUT2D eigenvalue weighted by Gasteiger charge is 2.41. The molecule has 17 heavy (non-hydrogen) atoms. The standard InChI is InChI=1S/C12H19N3O2/c1-2-11-13-12(17-14-11)7-15-5-8-3-4-10(16)9(8)6-15/h8-10,16H,2-7H2,1H3. The second kappa shape index (κ2) is 4.38. The van der Waals surface area contributed by atoms with Gasteiger partial charge in [-0.05, 0) is 18.8 Å². The lowest BCUT2D eigenvalue weighted by molar-refractivity contribution is 0.122. The smallest absolute Gasteiger partial charge is 0.240 e. The van der Waals surface area contributed by atoms with Crippen LogP contribution in [0.1, 0.15) is 31.5 Å². The van der Waals surface area contributed by atoms with Gasteiger partial charge >= 0.3 is 0 Å². The highest BCUT2D eigenvalue weighted by Crippen LogP contribution is 2.38. The maximum absolute atomic E-state index is 9.85. The third kappa shape index (κ3) is 2.09. The molecule has 2 aliphatic rings. The average Bonchev–Trinajstić information content (AvgIpc) is 2.98. The Labute approximate surface area is 101 Å². The Kier molecular flexibility index (Phi) is 2.88. The van der Waals surface area contributed by atoms with Crippen LogP contribution in [0.4, 0.5) is 0 Å². The van der Waals surface area contributed by atoms with Gasteiger partial charge in [-0.15, -0.1) is 0 Å². The molecule has 3 atom stereocenters. The van der Waals surface area contributed by atoms with Crippen molar-refractivity contribution in [3.63, 3.8) is 0 Å². The number of nitrogens with zero attached hydrogens (tertiary/aromatic N) is 3. The summed E-state index contributed by atoms with van der Waals surface area (Å²) in [5.74, 6) is 2.61. The van der Waals surface area contributed by atoms with Gasteiger partial charge in [-0.3, -0.25) is 4.90 Å². The first-order chi connectivity index (χ1) is 8.26. The van der Waals surface area contributed by atoms with Crippen molar-refractivity contribution < 1.29 is 9.63 Å². The molecular formula is C12H19N3O2. The second-order valence-corrected chi connectivity index (χ2v) is 5.22. The lowest BCUT2D eigenvalue weighted by Crippen LogP contribution is -2.24. The van der Waals surface area contributed by atoms with Crippen LogP contribution in [0.15, 0.2) is 4.52 Å². The summed E-state index contributed by atoms with van der Waals surface area (Å²) in [5, 5.41) is 13.7. The van der Waals surface area contributed by atoms with E-state index in [4.69, 9.17) is 4.52 Å². The first kappa shape index (κ1) is 11.2. The molecule has 0 amide bonds. The molecule has 2 fully saturated rings. The molecule has 1 saturated carbocycles. The molecule has 1 aromatic rings. The van der Waals surface area contributed by atoms with Crippen LogP contribution in [0.5, 0.6) is 0 Å². The summed E-state index contributed by atoms with van der Waals surface area (Å²) in [6, 6.07) is 0. The summed E-state index contributed by atoms with van der Waals surface area (Å²) in [6.45, 7) is 4.78. The number of aliphatic hydroxyl groups is 1. The Hall–Kier alpha value is -0.940. The lowest BCUT2D eigenvalue weighted by Gasteiger charge is -2.15. The largest absolute Gasteiger partial charge is 0.393 e. The van der Waals surface area contributed by atoms with E-state index < -0.39 is 0 Å². The fourth-order valence-corrected chi connectivity index (χ4v) is 3.15. The number of aryl methyl sites for hydroxylation is 1. The van der Waals surface area contributed by atoms with Crippen LogP contribution in [0.3, 0.4) is 0 Å². The Morgan fingerprint density at radius 3 is 3.00 bits per heavy atom. The molecule has 2 heterocycles. The predicted octanol–water partition coefficient (Wildman–Crippen LogP) is 0.835. The summed E-state index contributed by atoms with van der Waals surface area (Å²) in [7, 11) is 0. The van der Waals surface area contributed by atoms with Gasteiger partial charge in [0.05, 0.1) is 12.6 Å². The van der Waals surface area contributed by atoms with Gasteiger partial charge in [0.2, 0.25) is 5.89 Å². The van der Waals surface area contributed by atoms with Crippen molar-refractivity contribution in [2.45, 2.75) is 38.8 Å². The number of fused-ring (bicyclic) bond motifs is 1. The molecule has 1 aliphatic heterocycles. The molecule has 0 spiro atoms. The Bertz CT molecular complexity index is 393. The van der Waals surface area contributed by atoms with Crippen LogP contribution < -0.4 is 0 Å². The van der Waals surface area contributed by atoms with Crippen molar-refractivity contribution in [3.05, 3.63) is 11.7 Å². The molecule has 1 saturated heterocycles. The molecule has 0 aromatic carbocycles. The summed E-state index contributed by atoms with van der Waals surface area (Å²) >= 11 is 0. The van der Waals surface area contributed by atoms with Gasteiger partial charge < -0.3 is 9.63 Å². The van der Waals surface area contributed by atoms with E-state index in [0.29, 0.717) is 17.7 Å². The van der Waals surface area contributed by atoms with Crippen LogP contribution in [0.25, 0.3) is 0 Å². The van der Waals surface area contributed by atoms with Crippen LogP contribution in [-0.4, -0.2) is 39.3 Å². The van der Waals surface area contributed by atoms with E-state index in [0.717, 1.165) is 44.7 Å². The number of hydrogen-bond donors (Lipinski definition) is 1. The molecule has 5 heteroatoms. The maximum Gasteiger partial charge on any atom is 0.240 e. The highest BCUT2D eigenvalue weighted by molar-refractivity contribution is 4.95. The van der Waals surface area contributed by atoms with Crippen molar-refractivity contribution in [1.29, 1.82) is 0 Å². The van der Waals surface area contributed by atoms with Crippen LogP contribution >= 0.6 is 0 Å². The molecule has 3 unspecified atom stereocenters. The molecule has 1 aromatic heterocycles. The van der Waals surface area contributed by atoms with Gasteiger partial charge in [0.25, 0.3) is 0 Å². The fraction of sp³-hybridized carbons (Fsp3) is 0.833. The van der Waals surface area contributed by atoms with E-state index in [9.17, 15) is 5.11 Å². The summed E-state index contributed by atoms with van der Waals surface area (Å²) in [5.41, 5.74) is 0. The van der Waals surface area contributed by atoms with E-state index in [1.165, 1.54) is 0 Å². The first-order valence-corrected chi connectivity index (χ1v) is 6.48. The fourth-order valence-electron chi connectivity index (χ4n) is 3.15. The number of aromatic nitrogens is 2. The Morgan fingerprint density at radius 2 is 2.29 bits per heavy atom. The zero-order valence-electron chi connectivity index (χ0n) is 10.2. The number of hydrogen-bond acceptors (Lipinski definition) is 5. The van der Waals surface area contributed by atoms with Crippen LogP contribution in [0, 0.1) is 11.8 Å². The van der Waals surface area contributed by atoms with Crippen molar-refractivity contribution in [3.8, 4) is 0 Å². The van der Waals surface area contributed by atoms with Gasteiger partial charge in [0, 0.05) is 25.4 Å². The molecule has 1 aliphatic carbocycles. The van der Waals surface area contributed by atoms with E-state index in [-0.39, 0.29) is 6.10 Å². The van der Waals surface area contributed by atoms with Crippen LogP contribution in [-0.2, 0) is 13.0 Å². The van der Waals surface area contributed by atoms with Gasteiger partial charge in [-0.25, -0.2) is 0 Å².